The van der Waals surface area contributed by atoms with Crippen LogP contribution in [0, 0.1) is 0 Å². The number of ether oxygens (including phenoxy) is 4. The fourth-order valence-electron chi connectivity index (χ4n) is 14.4. The largest absolute Gasteiger partial charge is 0.497 e. The first-order chi connectivity index (χ1) is 70.1. The van der Waals surface area contributed by atoms with Gasteiger partial charge in [0.15, 0.2) is 69.1 Å². The van der Waals surface area contributed by atoms with Gasteiger partial charge in [-0.25, -0.2) is 84.7 Å². The third-order valence-corrected chi connectivity index (χ3v) is 21.7. The van der Waals surface area contributed by atoms with E-state index >= 15 is 0 Å². The van der Waals surface area contributed by atoms with E-state index in [2.05, 4.69) is 143 Å². The Bertz CT molecular complexity index is 8130. The highest BCUT2D eigenvalue weighted by Crippen LogP contribution is 2.45. The summed E-state index contributed by atoms with van der Waals surface area (Å²) >= 11 is 6.49. The Morgan fingerprint density at radius 3 is 0.952 bits per heavy atom. The summed E-state index contributed by atoms with van der Waals surface area (Å²) in [7, 11) is 6.81. The second-order valence-electron chi connectivity index (χ2n) is 31.0. The lowest BCUT2D eigenvalue weighted by Gasteiger charge is -2.19. The quantitative estimate of drug-likeness (QED) is 0.0498. The first-order valence-electron chi connectivity index (χ1n) is 42.6. The van der Waals surface area contributed by atoms with Crippen LogP contribution in [0.25, 0.3) is 85.8 Å². The summed E-state index contributed by atoms with van der Waals surface area (Å²) in [5, 5.41) is 14.9. The standard InChI is InChI=1S/C20H14F3N5O2.C19H10BrF6N5.C19H13BrF3N5O.C19H16F3N7.C18H13F3N6O/c21-20(22,23)18-17(28-8-2-1-3-16(28)27-18)19-24-7-6-15(26-19)25-12-4-5-13-14(11-12)30-10-9-29-13;20-11-3-6-14-30-16(19(24,25)26)15(31(14)9-11)17-27-8-7-13(29-17)28-12-4-1-10(2-5-12)18(21,22)23;1-29-13-5-3-12(4-6-13)25-14-8-9-24-18(26-14)16-17(19(21,22)23)27-15-7-2-11(20)10-28(15)16;1-28(2)14-7-6-12(11-24-14)25-13-8-9-23-18(26-13)16-17(19(20,21)22)27-15-5-3-4-10-29(15)16;1-28-14-6-5-11(10-23-14)24-12-7-8-22-17(25-12)15-16(18(19,20)21)26-13-4-2-3-9-27(13)15/h1-8,11H,9-10H2,(H,24,25,26);1-9H,(H,27,28,29);2-10H,1H3,(H,24,25,26);3-11H,1-2H3,(H,23,25,26);2-10H,1H3,(H,22,24,25). The van der Waals surface area contributed by atoms with Gasteiger partial charge in [-0.3, -0.25) is 22.0 Å². The SMILES string of the molecule is CN(C)c1ccc(Nc2ccnc(-c3c(C(F)(F)F)nc4ccccn34)n2)cn1.COc1ccc(Nc2ccnc(-c3c(C(F)(F)F)nc4ccc(Br)cn34)n2)cc1.COc1ccc(Nc2ccnc(-c3c(C(F)(F)F)nc4ccccn34)n2)cn1.FC(F)(F)c1ccc(Nc2ccnc(-c3c(C(F)(F)F)nc4ccc(Br)cn34)n2)cc1.FC(F)(F)c1nc2ccccn2c1-c1nccc(Nc2ccc3c(c2)OCCO3)n1. The van der Waals surface area contributed by atoms with Gasteiger partial charge < -0.3 is 50.4 Å². The minimum atomic E-state index is -4.76. The number of halogens is 20. The molecule has 0 saturated heterocycles. The summed E-state index contributed by atoms with van der Waals surface area (Å²) in [6, 6.07) is 51.4. The number of imidazole rings is 5. The second kappa shape index (κ2) is 41.8. The number of anilines is 11. The molecule has 750 valence electrons. The number of pyridine rings is 7. The van der Waals surface area contributed by atoms with Crippen LogP contribution >= 0.6 is 31.9 Å². The maximum absolute atomic E-state index is 13.6. The van der Waals surface area contributed by atoms with Crippen molar-refractivity contribution in [2.75, 3.05) is 73.0 Å². The van der Waals surface area contributed by atoms with Crippen LogP contribution in [0.1, 0.15) is 34.0 Å². The van der Waals surface area contributed by atoms with Crippen LogP contribution in [0.4, 0.5) is 142 Å². The molecule has 0 aliphatic carbocycles. The van der Waals surface area contributed by atoms with E-state index in [1.165, 1.54) is 146 Å². The number of fused-ring (bicyclic) bond motifs is 6. The molecule has 0 radical (unpaired) electrons. The van der Waals surface area contributed by atoms with E-state index in [4.69, 9.17) is 18.9 Å². The molecule has 21 rings (SSSR count). The maximum Gasteiger partial charge on any atom is 0.435 e. The Morgan fingerprint density at radius 2 is 0.626 bits per heavy atom. The molecule has 0 atom stereocenters. The number of hydrogen-bond donors (Lipinski definition) is 5. The smallest absolute Gasteiger partial charge is 0.435 e. The van der Waals surface area contributed by atoms with Crippen molar-refractivity contribution < 1.29 is 98.0 Å². The van der Waals surface area contributed by atoms with E-state index in [0.717, 1.165) is 18.0 Å². The van der Waals surface area contributed by atoms with E-state index in [9.17, 15) is 79.0 Å². The van der Waals surface area contributed by atoms with Gasteiger partial charge in [0, 0.05) is 114 Å². The van der Waals surface area contributed by atoms with Gasteiger partial charge in [0.2, 0.25) is 5.88 Å². The van der Waals surface area contributed by atoms with E-state index in [0.29, 0.717) is 91.3 Å². The Balaban J connectivity index is 0.000000126. The van der Waals surface area contributed by atoms with Crippen molar-refractivity contribution in [3.05, 3.63) is 318 Å². The molecule has 32 nitrogen and oxygen atoms in total. The monoisotopic (exact) mass is 2160 g/mol. The number of methoxy groups -OCH3 is 2. The molecule has 147 heavy (non-hydrogen) atoms. The summed E-state index contributed by atoms with van der Waals surface area (Å²) in [6.45, 7) is 0.929. The van der Waals surface area contributed by atoms with E-state index in [1.807, 2.05) is 25.1 Å². The number of rotatable bonds is 18. The van der Waals surface area contributed by atoms with Crippen molar-refractivity contribution in [1.82, 2.24) is 107 Å². The molecule has 1 aliphatic heterocycles. The minimum absolute atomic E-state index is 0.0511. The second-order valence-corrected chi connectivity index (χ2v) is 32.8. The molecule has 0 unspecified atom stereocenters. The van der Waals surface area contributed by atoms with Gasteiger partial charge in [-0.1, -0.05) is 18.2 Å². The maximum atomic E-state index is 13.6. The normalized spacial score (nSPS) is 12.1. The molecule has 0 fully saturated rings. The van der Waals surface area contributed by atoms with Crippen molar-refractivity contribution in [3.8, 4) is 80.7 Å². The highest BCUT2D eigenvalue weighted by atomic mass is 79.9. The van der Waals surface area contributed by atoms with E-state index in [1.54, 1.807) is 147 Å². The molecule has 3 aromatic carbocycles. The summed E-state index contributed by atoms with van der Waals surface area (Å²) in [4.78, 5) is 70.1. The molecule has 20 aromatic rings. The van der Waals surface area contributed by atoms with Crippen LogP contribution in [0.3, 0.4) is 0 Å². The number of nitrogens with one attached hydrogen (secondary N) is 5. The lowest BCUT2D eigenvalue weighted by molar-refractivity contribution is -0.141. The predicted octanol–water partition coefficient (Wildman–Crippen LogP) is 24.0. The van der Waals surface area contributed by atoms with Crippen LogP contribution in [0.2, 0.25) is 0 Å². The lowest BCUT2D eigenvalue weighted by atomic mass is 10.2. The number of benzene rings is 3. The van der Waals surface area contributed by atoms with Crippen molar-refractivity contribution in [1.29, 1.82) is 0 Å². The fraction of sp³-hybridized carbons (Fsp3) is 0.126. The average molecular weight is 2170 g/mol. The van der Waals surface area contributed by atoms with Crippen LogP contribution in [0.5, 0.6) is 23.1 Å². The third-order valence-electron chi connectivity index (χ3n) is 20.8. The van der Waals surface area contributed by atoms with Crippen molar-refractivity contribution in [2.24, 2.45) is 0 Å². The van der Waals surface area contributed by atoms with Crippen LogP contribution in [-0.2, 0) is 37.1 Å². The zero-order valence-electron chi connectivity index (χ0n) is 75.4. The summed E-state index contributed by atoms with van der Waals surface area (Å²) in [5.41, 5.74) is -3.82. The zero-order chi connectivity index (χ0) is 104. The van der Waals surface area contributed by atoms with Gasteiger partial charge in [-0.05, 0) is 202 Å². The average Bonchev–Trinajstić information content (AvgIpc) is 1.66. The molecule has 0 saturated carbocycles. The number of nitrogens with zero attached hydrogens (tertiary/aromatic N) is 23. The summed E-state index contributed by atoms with van der Waals surface area (Å²) in [5.74, 6) is 3.92. The van der Waals surface area contributed by atoms with E-state index in [-0.39, 0.29) is 97.3 Å². The molecule has 17 aromatic heterocycles. The zero-order valence-corrected chi connectivity index (χ0v) is 78.5. The topological polar surface area (TPSA) is 341 Å². The van der Waals surface area contributed by atoms with Gasteiger partial charge in [0.05, 0.1) is 43.6 Å². The fourth-order valence-corrected chi connectivity index (χ4v) is 15.0. The number of hydrogen-bond acceptors (Lipinski definition) is 27. The van der Waals surface area contributed by atoms with Crippen LogP contribution in [-0.4, -0.2) is 148 Å². The summed E-state index contributed by atoms with van der Waals surface area (Å²) < 4.78 is 271. The van der Waals surface area contributed by atoms with Crippen molar-refractivity contribution in [2.45, 2.75) is 37.1 Å². The van der Waals surface area contributed by atoms with Gasteiger partial charge >= 0.3 is 37.1 Å². The van der Waals surface area contributed by atoms with Gasteiger partial charge in [-0.15, -0.1) is 0 Å². The Labute approximate surface area is 832 Å². The Kier molecular flexibility index (Phi) is 28.7. The lowest BCUT2D eigenvalue weighted by Crippen LogP contribution is -2.15. The van der Waals surface area contributed by atoms with Crippen LogP contribution in [0.15, 0.2) is 283 Å². The highest BCUT2D eigenvalue weighted by molar-refractivity contribution is 9.10. The summed E-state index contributed by atoms with van der Waals surface area (Å²) in [6.07, 6.45) is -10.5. The first-order valence-corrected chi connectivity index (χ1v) is 44.2. The highest BCUT2D eigenvalue weighted by Gasteiger charge is 2.45. The predicted molar refractivity (Wildman–Crippen MR) is 509 cm³/mol. The molecule has 0 bridgehead atoms. The van der Waals surface area contributed by atoms with E-state index < -0.39 is 71.1 Å². The number of aromatic nitrogens is 22. The minimum Gasteiger partial charge on any atom is -0.497 e. The molecule has 0 spiro atoms. The third kappa shape index (κ3) is 23.6. The molecular weight excluding hydrogens is 2100 g/mol. The first kappa shape index (κ1) is 101. The van der Waals surface area contributed by atoms with Gasteiger partial charge in [0.1, 0.15) is 111 Å². The van der Waals surface area contributed by atoms with Crippen LogP contribution < -0.4 is 50.4 Å². The van der Waals surface area contributed by atoms with Gasteiger partial charge in [-0.2, -0.15) is 79.0 Å². The number of alkyl halides is 18. The molecule has 0 amide bonds. The molecule has 5 N–H and O–H groups in total. The molecule has 52 heteroatoms. The Hall–Kier alpha value is -17.5. The van der Waals surface area contributed by atoms with Gasteiger partial charge in [0.25, 0.3) is 0 Å². The molecule has 18 heterocycles. The van der Waals surface area contributed by atoms with Crippen molar-refractivity contribution in [3.63, 3.8) is 0 Å². The van der Waals surface area contributed by atoms with Crippen molar-refractivity contribution >= 4 is 123 Å². The molecular formula is C95H66Br2F18N28O4. The Morgan fingerprint density at radius 1 is 0.306 bits per heavy atom. The molecule has 1 aliphatic rings.